The van der Waals surface area contributed by atoms with Crippen molar-refractivity contribution in [1.82, 2.24) is 0 Å². The lowest BCUT2D eigenvalue weighted by Gasteiger charge is -2.12. The number of hydrogen-bond acceptors (Lipinski definition) is 2. The minimum atomic E-state index is -0.609. The summed E-state index contributed by atoms with van der Waals surface area (Å²) in [5.74, 6) is 0. The van der Waals surface area contributed by atoms with Crippen molar-refractivity contribution in [3.8, 4) is 0 Å². The first-order valence-corrected chi connectivity index (χ1v) is 7.23. The Morgan fingerprint density at radius 1 is 1.22 bits per heavy atom. The van der Waals surface area contributed by atoms with E-state index in [2.05, 4.69) is 18.2 Å². The molecular weight excluding hydrogens is 287 g/mol. The zero-order valence-electron chi connectivity index (χ0n) is 10.2. The minimum Gasteiger partial charge on any atom is -0.388 e. The zero-order valence-corrected chi connectivity index (χ0v) is 12.5. The highest BCUT2D eigenvalue weighted by Crippen LogP contribution is 2.36. The van der Waals surface area contributed by atoms with Crippen LogP contribution in [0.15, 0.2) is 24.3 Å². The lowest BCUT2D eigenvalue weighted by Crippen LogP contribution is -2.03. The highest BCUT2D eigenvalue weighted by atomic mass is 35.5. The third kappa shape index (κ3) is 3.07. The molecule has 1 atom stereocenters. The van der Waals surface area contributed by atoms with Gasteiger partial charge in [-0.2, -0.15) is 0 Å². The molecule has 0 fully saturated rings. The molecule has 0 saturated heterocycles. The average molecular weight is 301 g/mol. The van der Waals surface area contributed by atoms with E-state index in [0.29, 0.717) is 20.7 Å². The van der Waals surface area contributed by atoms with E-state index in [-0.39, 0.29) is 0 Å². The molecule has 0 amide bonds. The lowest BCUT2D eigenvalue weighted by molar-refractivity contribution is 0.179. The second-order valence-electron chi connectivity index (χ2n) is 4.43. The molecule has 0 aliphatic heterocycles. The van der Waals surface area contributed by atoms with Crippen LogP contribution in [-0.2, 0) is 6.42 Å². The number of hydrogen-bond donors (Lipinski definition) is 1. The second kappa shape index (κ2) is 5.62. The first-order valence-electron chi connectivity index (χ1n) is 5.66. The van der Waals surface area contributed by atoms with Crippen LogP contribution >= 0.6 is 34.5 Å². The third-order valence-electron chi connectivity index (χ3n) is 2.96. The predicted molar refractivity (Wildman–Crippen MR) is 78.9 cm³/mol. The summed E-state index contributed by atoms with van der Waals surface area (Å²) in [6.45, 7) is 4.09. The van der Waals surface area contributed by atoms with Crippen LogP contribution in [0.2, 0.25) is 8.67 Å². The lowest BCUT2D eigenvalue weighted by atomic mass is 9.98. The van der Waals surface area contributed by atoms with Gasteiger partial charge in [0.2, 0.25) is 0 Å². The SMILES string of the molecule is Cc1ccc(C)c(CC(O)c2cc(Cl)sc2Cl)c1. The second-order valence-corrected chi connectivity index (χ2v) is 6.71. The Morgan fingerprint density at radius 3 is 2.56 bits per heavy atom. The quantitative estimate of drug-likeness (QED) is 0.850. The van der Waals surface area contributed by atoms with Gasteiger partial charge in [-0.3, -0.25) is 0 Å². The van der Waals surface area contributed by atoms with Crippen LogP contribution in [0, 0.1) is 13.8 Å². The van der Waals surface area contributed by atoms with E-state index in [0.717, 1.165) is 5.56 Å². The Kier molecular flexibility index (Phi) is 4.33. The Balaban J connectivity index is 2.23. The monoisotopic (exact) mass is 300 g/mol. The van der Waals surface area contributed by atoms with E-state index in [1.54, 1.807) is 6.07 Å². The van der Waals surface area contributed by atoms with Gasteiger partial charge >= 0.3 is 0 Å². The molecule has 96 valence electrons. The topological polar surface area (TPSA) is 20.2 Å². The van der Waals surface area contributed by atoms with Gasteiger partial charge in [-0.05, 0) is 31.0 Å². The number of benzene rings is 1. The van der Waals surface area contributed by atoms with Gasteiger partial charge in [0.25, 0.3) is 0 Å². The fraction of sp³-hybridized carbons (Fsp3) is 0.286. The maximum absolute atomic E-state index is 10.2. The Hall–Kier alpha value is -0.540. The molecule has 1 nitrogen and oxygen atoms in total. The van der Waals surface area contributed by atoms with E-state index >= 15 is 0 Å². The van der Waals surface area contributed by atoms with Crippen molar-refractivity contribution in [3.63, 3.8) is 0 Å². The predicted octanol–water partition coefficient (Wildman–Crippen LogP) is 4.95. The number of aliphatic hydroxyl groups excluding tert-OH is 1. The summed E-state index contributed by atoms with van der Waals surface area (Å²) in [5.41, 5.74) is 4.22. The number of halogens is 2. The van der Waals surface area contributed by atoms with Crippen molar-refractivity contribution in [2.24, 2.45) is 0 Å². The summed E-state index contributed by atoms with van der Waals surface area (Å²) in [6, 6.07) is 7.98. The first kappa shape index (κ1) is 13.9. The molecule has 0 radical (unpaired) electrons. The summed E-state index contributed by atoms with van der Waals surface area (Å²) in [6.07, 6.45) is -0.0536. The first-order chi connectivity index (χ1) is 8.47. The van der Waals surface area contributed by atoms with Crippen molar-refractivity contribution in [2.75, 3.05) is 0 Å². The molecule has 2 rings (SSSR count). The van der Waals surface area contributed by atoms with Crippen molar-refractivity contribution >= 4 is 34.5 Å². The molecule has 0 spiro atoms. The van der Waals surface area contributed by atoms with Crippen molar-refractivity contribution in [1.29, 1.82) is 0 Å². The molecule has 1 aromatic heterocycles. The van der Waals surface area contributed by atoms with Crippen molar-refractivity contribution < 1.29 is 5.11 Å². The minimum absolute atomic E-state index is 0.556. The molecule has 4 heteroatoms. The van der Waals surface area contributed by atoms with Gasteiger partial charge < -0.3 is 5.11 Å². The molecule has 1 N–H and O–H groups in total. The van der Waals surface area contributed by atoms with E-state index < -0.39 is 6.10 Å². The van der Waals surface area contributed by atoms with E-state index in [1.807, 2.05) is 13.8 Å². The summed E-state index contributed by atoms with van der Waals surface area (Å²) in [5, 5.41) is 10.2. The van der Waals surface area contributed by atoms with E-state index in [1.165, 1.54) is 22.5 Å². The number of aryl methyl sites for hydroxylation is 2. The molecule has 0 bridgehead atoms. The van der Waals surface area contributed by atoms with Crippen LogP contribution in [0.4, 0.5) is 0 Å². The maximum Gasteiger partial charge on any atom is 0.100 e. The molecule has 1 unspecified atom stereocenters. The third-order valence-corrected chi connectivity index (χ3v) is 4.48. The zero-order chi connectivity index (χ0) is 13.3. The molecule has 0 aliphatic rings. The smallest absolute Gasteiger partial charge is 0.100 e. The largest absolute Gasteiger partial charge is 0.388 e. The Bertz CT molecular complexity index is 563. The molecule has 0 saturated carbocycles. The van der Waals surface area contributed by atoms with Gasteiger partial charge in [0.1, 0.15) is 4.34 Å². The molecule has 18 heavy (non-hydrogen) atoms. The van der Waals surface area contributed by atoms with Gasteiger partial charge in [-0.25, -0.2) is 0 Å². The maximum atomic E-state index is 10.2. The van der Waals surface area contributed by atoms with Crippen LogP contribution in [0.1, 0.15) is 28.4 Å². The Labute approximate surface area is 121 Å². The van der Waals surface area contributed by atoms with Crippen molar-refractivity contribution in [2.45, 2.75) is 26.4 Å². The number of thiophene rings is 1. The molecular formula is C14H14Cl2OS. The standard InChI is InChI=1S/C14H14Cl2OS/c1-8-3-4-9(2)10(5-8)6-12(17)11-7-13(15)18-14(11)16/h3-5,7,12,17H,6H2,1-2H3. The molecule has 1 aromatic carbocycles. The van der Waals surface area contributed by atoms with Gasteiger partial charge in [-0.1, -0.05) is 47.0 Å². The summed E-state index contributed by atoms with van der Waals surface area (Å²) in [4.78, 5) is 0. The van der Waals surface area contributed by atoms with Gasteiger partial charge in [-0.15, -0.1) is 11.3 Å². The normalized spacial score (nSPS) is 12.7. The van der Waals surface area contributed by atoms with Crippen LogP contribution in [0.3, 0.4) is 0 Å². The highest BCUT2D eigenvalue weighted by Gasteiger charge is 2.16. The number of rotatable bonds is 3. The van der Waals surface area contributed by atoms with Crippen LogP contribution in [0.5, 0.6) is 0 Å². The Morgan fingerprint density at radius 2 is 1.94 bits per heavy atom. The van der Waals surface area contributed by atoms with Crippen molar-refractivity contribution in [3.05, 3.63) is 55.2 Å². The van der Waals surface area contributed by atoms with Gasteiger partial charge in [0.15, 0.2) is 0 Å². The van der Waals surface area contributed by atoms with E-state index in [4.69, 9.17) is 23.2 Å². The molecule has 1 heterocycles. The summed E-state index contributed by atoms with van der Waals surface area (Å²) in [7, 11) is 0. The fourth-order valence-corrected chi connectivity index (χ4v) is 3.49. The molecule has 0 aliphatic carbocycles. The fourth-order valence-electron chi connectivity index (χ4n) is 1.92. The van der Waals surface area contributed by atoms with Crippen LogP contribution in [0.25, 0.3) is 0 Å². The van der Waals surface area contributed by atoms with Crippen LogP contribution < -0.4 is 0 Å². The summed E-state index contributed by atoms with van der Waals surface area (Å²) >= 11 is 13.2. The van der Waals surface area contributed by atoms with Gasteiger partial charge in [0.05, 0.1) is 10.4 Å². The van der Waals surface area contributed by atoms with Gasteiger partial charge in [0, 0.05) is 12.0 Å². The number of aliphatic hydroxyl groups is 1. The molecule has 2 aromatic rings. The van der Waals surface area contributed by atoms with Crippen LogP contribution in [-0.4, -0.2) is 5.11 Å². The summed E-state index contributed by atoms with van der Waals surface area (Å²) < 4.78 is 1.17. The highest BCUT2D eigenvalue weighted by molar-refractivity contribution is 7.20. The van der Waals surface area contributed by atoms with E-state index in [9.17, 15) is 5.11 Å². The average Bonchev–Trinajstić information content (AvgIpc) is 2.63.